The largest absolute Gasteiger partial charge is 0.461 e. The van der Waals surface area contributed by atoms with Gasteiger partial charge in [0.05, 0.1) is 5.02 Å². The van der Waals surface area contributed by atoms with Crippen LogP contribution in [0.5, 0.6) is 0 Å². The zero-order valence-corrected chi connectivity index (χ0v) is 12.7. The molecule has 0 amide bonds. The number of furan rings is 1. The van der Waals surface area contributed by atoms with Crippen molar-refractivity contribution in [2.45, 2.75) is 19.4 Å². The summed E-state index contributed by atoms with van der Waals surface area (Å²) < 4.78 is 6.71. The number of likely N-dealkylation sites (N-methyl/N-ethyl adjacent to an activating group) is 1. The van der Waals surface area contributed by atoms with Crippen LogP contribution in [0.25, 0.3) is 11.3 Å². The summed E-state index contributed by atoms with van der Waals surface area (Å²) in [5.41, 5.74) is 1.02. The van der Waals surface area contributed by atoms with Crippen molar-refractivity contribution in [3.8, 4) is 11.3 Å². The highest BCUT2D eigenvalue weighted by Gasteiger charge is 2.08. The van der Waals surface area contributed by atoms with Gasteiger partial charge in [-0.3, -0.25) is 0 Å². The van der Waals surface area contributed by atoms with Crippen LogP contribution in [-0.4, -0.2) is 13.1 Å². The van der Waals surface area contributed by atoms with Crippen molar-refractivity contribution in [3.63, 3.8) is 0 Å². The fourth-order valence-electron chi connectivity index (χ4n) is 1.70. The zero-order chi connectivity index (χ0) is 13.1. The lowest BCUT2D eigenvalue weighted by Gasteiger charge is -2.06. The first kappa shape index (κ1) is 13.7. The van der Waals surface area contributed by atoms with Gasteiger partial charge >= 0.3 is 0 Å². The summed E-state index contributed by atoms with van der Waals surface area (Å²) in [6.07, 6.45) is 0.880. The van der Waals surface area contributed by atoms with E-state index in [1.165, 1.54) is 0 Å². The van der Waals surface area contributed by atoms with Crippen LogP contribution >= 0.6 is 27.5 Å². The van der Waals surface area contributed by atoms with Crippen LogP contribution in [0.3, 0.4) is 0 Å². The fraction of sp³-hybridized carbons (Fsp3) is 0.286. The van der Waals surface area contributed by atoms with E-state index in [-0.39, 0.29) is 0 Å². The van der Waals surface area contributed by atoms with E-state index in [0.29, 0.717) is 11.1 Å². The Morgan fingerprint density at radius 1 is 1.33 bits per heavy atom. The number of rotatable bonds is 4. The predicted octanol–water partition coefficient (Wildman–Crippen LogP) is 4.51. The van der Waals surface area contributed by atoms with Crippen LogP contribution in [0.2, 0.25) is 5.02 Å². The summed E-state index contributed by atoms with van der Waals surface area (Å²) >= 11 is 9.39. The summed E-state index contributed by atoms with van der Waals surface area (Å²) in [5, 5.41) is 3.90. The molecule has 1 atom stereocenters. The summed E-state index contributed by atoms with van der Waals surface area (Å²) in [5.74, 6) is 1.85. The van der Waals surface area contributed by atoms with Gasteiger partial charge in [0.15, 0.2) is 0 Å². The van der Waals surface area contributed by atoms with Crippen molar-refractivity contribution in [2.24, 2.45) is 0 Å². The van der Waals surface area contributed by atoms with Gasteiger partial charge in [0.2, 0.25) is 0 Å². The molecular weight excluding hydrogens is 314 g/mol. The second kappa shape index (κ2) is 5.91. The van der Waals surface area contributed by atoms with Gasteiger partial charge < -0.3 is 9.73 Å². The van der Waals surface area contributed by atoms with Gasteiger partial charge in [-0.15, -0.1) is 0 Å². The first-order chi connectivity index (χ1) is 8.60. The molecule has 1 heterocycles. The Hall–Kier alpha value is -0.770. The summed E-state index contributed by atoms with van der Waals surface area (Å²) in [6.45, 7) is 2.13. The van der Waals surface area contributed by atoms with Gasteiger partial charge in [-0.05, 0) is 60.2 Å². The SMILES string of the molecule is CNC(C)Cc1ccc(-c2ccc(Cl)c(Br)c2)o1. The highest BCUT2D eigenvalue weighted by Crippen LogP contribution is 2.30. The van der Waals surface area contributed by atoms with Crippen molar-refractivity contribution >= 4 is 27.5 Å². The lowest BCUT2D eigenvalue weighted by atomic mass is 10.2. The van der Waals surface area contributed by atoms with E-state index < -0.39 is 0 Å². The smallest absolute Gasteiger partial charge is 0.134 e. The van der Waals surface area contributed by atoms with Crippen LogP contribution in [0.15, 0.2) is 39.2 Å². The average Bonchev–Trinajstić information content (AvgIpc) is 2.81. The second-order valence-corrected chi connectivity index (χ2v) is 5.55. The quantitative estimate of drug-likeness (QED) is 0.893. The number of hydrogen-bond donors (Lipinski definition) is 1. The highest BCUT2D eigenvalue weighted by atomic mass is 79.9. The third-order valence-electron chi connectivity index (χ3n) is 2.87. The number of benzene rings is 1. The lowest BCUT2D eigenvalue weighted by Crippen LogP contribution is -2.23. The van der Waals surface area contributed by atoms with Crippen LogP contribution in [0.4, 0.5) is 0 Å². The predicted molar refractivity (Wildman–Crippen MR) is 79.1 cm³/mol. The standard InChI is InChI=1S/C14H15BrClNO/c1-9(17-2)7-11-4-6-14(18-11)10-3-5-13(16)12(15)8-10/h3-6,8-9,17H,7H2,1-2H3. The maximum absolute atomic E-state index is 5.98. The van der Waals surface area contributed by atoms with Gasteiger partial charge in [-0.1, -0.05) is 11.6 Å². The molecule has 1 aromatic carbocycles. The van der Waals surface area contributed by atoms with Gasteiger partial charge in [-0.25, -0.2) is 0 Å². The molecule has 96 valence electrons. The molecule has 0 fully saturated rings. The topological polar surface area (TPSA) is 25.2 Å². The van der Waals surface area contributed by atoms with Crippen molar-refractivity contribution in [2.75, 3.05) is 7.05 Å². The third kappa shape index (κ3) is 3.16. The Bertz CT molecular complexity index is 538. The fourth-order valence-corrected chi connectivity index (χ4v) is 2.19. The van der Waals surface area contributed by atoms with Crippen LogP contribution in [0.1, 0.15) is 12.7 Å². The second-order valence-electron chi connectivity index (χ2n) is 4.29. The molecule has 0 bridgehead atoms. The molecule has 0 saturated heterocycles. The molecule has 1 unspecified atom stereocenters. The first-order valence-electron chi connectivity index (χ1n) is 5.81. The molecule has 2 rings (SSSR count). The molecule has 1 aromatic heterocycles. The van der Waals surface area contributed by atoms with E-state index in [2.05, 4.69) is 28.2 Å². The van der Waals surface area contributed by atoms with Crippen LogP contribution in [-0.2, 0) is 6.42 Å². The normalized spacial score (nSPS) is 12.7. The van der Waals surface area contributed by atoms with Gasteiger partial charge in [-0.2, -0.15) is 0 Å². The monoisotopic (exact) mass is 327 g/mol. The summed E-state index contributed by atoms with van der Waals surface area (Å²) in [4.78, 5) is 0. The molecule has 0 spiro atoms. The van der Waals surface area contributed by atoms with E-state index in [1.807, 2.05) is 37.4 Å². The Kier molecular flexibility index (Phi) is 4.49. The number of nitrogens with one attached hydrogen (secondary N) is 1. The summed E-state index contributed by atoms with van der Waals surface area (Å²) in [7, 11) is 1.95. The van der Waals surface area contributed by atoms with Gasteiger partial charge in [0.1, 0.15) is 11.5 Å². The molecule has 0 saturated carbocycles. The highest BCUT2D eigenvalue weighted by molar-refractivity contribution is 9.10. The molecule has 2 aromatic rings. The third-order valence-corrected chi connectivity index (χ3v) is 4.08. The first-order valence-corrected chi connectivity index (χ1v) is 6.98. The van der Waals surface area contributed by atoms with Crippen molar-refractivity contribution in [1.82, 2.24) is 5.32 Å². The molecule has 4 heteroatoms. The molecule has 0 aliphatic heterocycles. The maximum Gasteiger partial charge on any atom is 0.134 e. The minimum Gasteiger partial charge on any atom is -0.461 e. The van der Waals surface area contributed by atoms with Crippen LogP contribution in [0, 0.1) is 0 Å². The molecule has 18 heavy (non-hydrogen) atoms. The lowest BCUT2D eigenvalue weighted by molar-refractivity contribution is 0.481. The molecule has 0 radical (unpaired) electrons. The Labute approximate surface area is 120 Å². The van der Waals surface area contributed by atoms with Crippen molar-refractivity contribution in [3.05, 3.63) is 45.6 Å². The number of hydrogen-bond acceptors (Lipinski definition) is 2. The van der Waals surface area contributed by atoms with Crippen LogP contribution < -0.4 is 5.32 Å². The van der Waals surface area contributed by atoms with E-state index >= 15 is 0 Å². The van der Waals surface area contributed by atoms with Gasteiger partial charge in [0.25, 0.3) is 0 Å². The molecule has 0 aliphatic carbocycles. The molecule has 0 aliphatic rings. The van der Waals surface area contributed by atoms with E-state index in [9.17, 15) is 0 Å². The Morgan fingerprint density at radius 3 is 2.78 bits per heavy atom. The number of halogens is 2. The minimum absolute atomic E-state index is 0.404. The van der Waals surface area contributed by atoms with E-state index in [1.54, 1.807) is 0 Å². The molecular formula is C14H15BrClNO. The minimum atomic E-state index is 0.404. The van der Waals surface area contributed by atoms with E-state index in [0.717, 1.165) is 28.0 Å². The molecule has 1 N–H and O–H groups in total. The Balaban J connectivity index is 2.21. The zero-order valence-electron chi connectivity index (χ0n) is 10.3. The van der Waals surface area contributed by atoms with E-state index in [4.69, 9.17) is 16.0 Å². The Morgan fingerprint density at radius 2 is 2.11 bits per heavy atom. The maximum atomic E-state index is 5.98. The van der Waals surface area contributed by atoms with Crippen molar-refractivity contribution < 1.29 is 4.42 Å². The molecule has 2 nitrogen and oxygen atoms in total. The van der Waals surface area contributed by atoms with Crippen molar-refractivity contribution in [1.29, 1.82) is 0 Å². The van der Waals surface area contributed by atoms with Gasteiger partial charge in [0, 0.05) is 22.5 Å². The average molecular weight is 329 g/mol. The summed E-state index contributed by atoms with van der Waals surface area (Å²) in [6, 6.07) is 10.2.